The Morgan fingerprint density at radius 1 is 0.829 bits per heavy atom. The molecule has 0 spiro atoms. The van der Waals surface area contributed by atoms with Gasteiger partial charge in [-0.25, -0.2) is 4.79 Å². The molecule has 0 bridgehead atoms. The quantitative estimate of drug-likeness (QED) is 0.560. The van der Waals surface area contributed by atoms with Crippen LogP contribution < -0.4 is 9.47 Å². The Hall–Kier alpha value is -3.94. The zero-order valence-corrected chi connectivity index (χ0v) is 20.9. The van der Waals surface area contributed by atoms with Gasteiger partial charge in [0, 0.05) is 57.7 Å². The van der Waals surface area contributed by atoms with Crippen molar-refractivity contribution in [2.24, 2.45) is 0 Å². The number of hydrogen-bond acceptors (Lipinski definition) is 4. The van der Waals surface area contributed by atoms with Crippen molar-refractivity contribution < 1.29 is 19.1 Å². The first-order valence-electron chi connectivity index (χ1n) is 11.6. The second-order valence-corrected chi connectivity index (χ2v) is 8.73. The summed E-state index contributed by atoms with van der Waals surface area (Å²) in [7, 11) is 6.70. The highest BCUT2D eigenvalue weighted by atomic mass is 16.5. The lowest BCUT2D eigenvalue weighted by molar-refractivity contribution is 0.0649. The fourth-order valence-corrected chi connectivity index (χ4v) is 4.50. The first-order chi connectivity index (χ1) is 16.8. The number of carbonyl (C=O) groups is 2. The number of aromatic nitrogens is 1. The van der Waals surface area contributed by atoms with E-state index in [2.05, 4.69) is 4.57 Å². The number of piperazine rings is 1. The van der Waals surface area contributed by atoms with Gasteiger partial charge in [-0.3, -0.25) is 4.79 Å². The molecule has 35 heavy (non-hydrogen) atoms. The summed E-state index contributed by atoms with van der Waals surface area (Å²) < 4.78 is 13.0. The highest BCUT2D eigenvalue weighted by Crippen LogP contribution is 2.34. The van der Waals surface area contributed by atoms with Crippen LogP contribution in [0.4, 0.5) is 4.79 Å². The molecule has 0 N–H and O–H groups in total. The van der Waals surface area contributed by atoms with Crippen LogP contribution in [0.25, 0.3) is 16.9 Å². The number of nitrogens with zero attached hydrogens (tertiary/aromatic N) is 4. The predicted octanol–water partition coefficient (Wildman–Crippen LogP) is 3.91. The number of urea groups is 1. The molecular weight excluding hydrogens is 444 g/mol. The standard InChI is InChI=1S/C27H32N4O4/c1-19-22(26(32)29-13-15-30(16-14-29)27(33)28(2)3)18-23(20-9-7-6-8-10-20)31(19)21-11-12-24(34-4)25(17-21)35-5/h6-12,17-18H,13-16H2,1-5H3. The van der Waals surface area contributed by atoms with Gasteiger partial charge in [-0.15, -0.1) is 0 Å². The van der Waals surface area contributed by atoms with Gasteiger partial charge < -0.3 is 28.7 Å². The van der Waals surface area contributed by atoms with Gasteiger partial charge in [-0.2, -0.15) is 0 Å². The molecule has 0 unspecified atom stereocenters. The van der Waals surface area contributed by atoms with E-state index in [0.29, 0.717) is 43.2 Å². The van der Waals surface area contributed by atoms with Gasteiger partial charge in [0.1, 0.15) is 0 Å². The number of rotatable bonds is 5. The lowest BCUT2D eigenvalue weighted by Crippen LogP contribution is -2.52. The first kappa shape index (κ1) is 24.2. The smallest absolute Gasteiger partial charge is 0.319 e. The minimum absolute atomic E-state index is 0.0285. The van der Waals surface area contributed by atoms with Crippen molar-refractivity contribution in [3.63, 3.8) is 0 Å². The summed E-state index contributed by atoms with van der Waals surface area (Å²) in [6, 6.07) is 17.7. The molecule has 0 aliphatic carbocycles. The molecule has 0 atom stereocenters. The predicted molar refractivity (Wildman–Crippen MR) is 136 cm³/mol. The average Bonchev–Trinajstić information content (AvgIpc) is 3.24. The van der Waals surface area contributed by atoms with Gasteiger partial charge in [-0.05, 0) is 30.7 Å². The molecule has 2 heterocycles. The third kappa shape index (κ3) is 4.69. The number of carbonyl (C=O) groups excluding carboxylic acids is 2. The molecule has 184 valence electrons. The molecule has 1 aromatic heterocycles. The third-order valence-corrected chi connectivity index (χ3v) is 6.39. The van der Waals surface area contributed by atoms with Crippen molar-refractivity contribution in [3.8, 4) is 28.4 Å². The summed E-state index contributed by atoms with van der Waals surface area (Å²) in [6.45, 7) is 4.00. The molecule has 3 amide bonds. The van der Waals surface area contributed by atoms with E-state index in [0.717, 1.165) is 22.6 Å². The Balaban J connectivity index is 1.72. The maximum Gasteiger partial charge on any atom is 0.319 e. The van der Waals surface area contributed by atoms with Crippen LogP contribution in [-0.4, -0.2) is 85.7 Å². The number of benzene rings is 2. The molecule has 4 rings (SSSR count). The summed E-state index contributed by atoms with van der Waals surface area (Å²) >= 11 is 0. The van der Waals surface area contributed by atoms with E-state index in [1.807, 2.05) is 66.4 Å². The van der Waals surface area contributed by atoms with E-state index < -0.39 is 0 Å². The minimum Gasteiger partial charge on any atom is -0.493 e. The molecular formula is C27H32N4O4. The first-order valence-corrected chi connectivity index (χ1v) is 11.6. The molecule has 1 saturated heterocycles. The monoisotopic (exact) mass is 476 g/mol. The molecule has 1 aliphatic rings. The van der Waals surface area contributed by atoms with Crippen LogP contribution in [0, 0.1) is 6.92 Å². The van der Waals surface area contributed by atoms with Crippen molar-refractivity contribution in [2.45, 2.75) is 6.92 Å². The number of amides is 3. The highest BCUT2D eigenvalue weighted by Gasteiger charge is 2.28. The Morgan fingerprint density at radius 3 is 2.06 bits per heavy atom. The van der Waals surface area contributed by atoms with Crippen molar-refractivity contribution in [1.29, 1.82) is 0 Å². The summed E-state index contributed by atoms with van der Waals surface area (Å²) in [5, 5.41) is 0. The fourth-order valence-electron chi connectivity index (χ4n) is 4.50. The maximum atomic E-state index is 13.6. The maximum absolute atomic E-state index is 13.6. The minimum atomic E-state index is -0.0316. The number of methoxy groups -OCH3 is 2. The summed E-state index contributed by atoms with van der Waals surface area (Å²) in [5.74, 6) is 1.23. The molecule has 3 aromatic rings. The summed E-state index contributed by atoms with van der Waals surface area (Å²) in [4.78, 5) is 31.1. The molecule has 0 radical (unpaired) electrons. The summed E-state index contributed by atoms with van der Waals surface area (Å²) in [6.07, 6.45) is 0. The van der Waals surface area contributed by atoms with Gasteiger partial charge in [0.15, 0.2) is 11.5 Å². The van der Waals surface area contributed by atoms with Crippen LogP contribution in [0.15, 0.2) is 54.6 Å². The largest absolute Gasteiger partial charge is 0.493 e. The average molecular weight is 477 g/mol. The molecule has 0 saturated carbocycles. The van der Waals surface area contributed by atoms with E-state index >= 15 is 0 Å². The lowest BCUT2D eigenvalue weighted by Gasteiger charge is -2.36. The van der Waals surface area contributed by atoms with Crippen LogP contribution >= 0.6 is 0 Å². The van der Waals surface area contributed by atoms with Crippen molar-refractivity contribution in [1.82, 2.24) is 19.3 Å². The normalized spacial score (nSPS) is 13.5. The van der Waals surface area contributed by atoms with Crippen LogP contribution in [0.3, 0.4) is 0 Å². The van der Waals surface area contributed by atoms with Crippen LogP contribution in [0.5, 0.6) is 11.5 Å². The lowest BCUT2D eigenvalue weighted by atomic mass is 10.1. The summed E-state index contributed by atoms with van der Waals surface area (Å²) in [5.41, 5.74) is 4.28. The zero-order valence-electron chi connectivity index (χ0n) is 20.9. The molecule has 8 nitrogen and oxygen atoms in total. The van der Waals surface area contributed by atoms with Crippen LogP contribution in [0.2, 0.25) is 0 Å². The zero-order chi connectivity index (χ0) is 25.1. The fraction of sp³-hybridized carbons (Fsp3) is 0.333. The second-order valence-electron chi connectivity index (χ2n) is 8.73. The van der Waals surface area contributed by atoms with Crippen LogP contribution in [-0.2, 0) is 0 Å². The number of ether oxygens (including phenoxy) is 2. The number of hydrogen-bond donors (Lipinski definition) is 0. The van der Waals surface area contributed by atoms with Crippen molar-refractivity contribution in [3.05, 3.63) is 65.9 Å². The third-order valence-electron chi connectivity index (χ3n) is 6.39. The van der Waals surface area contributed by atoms with Crippen LogP contribution in [0.1, 0.15) is 16.1 Å². The second kappa shape index (κ2) is 10.1. The van der Waals surface area contributed by atoms with E-state index in [1.54, 1.807) is 38.1 Å². The van der Waals surface area contributed by atoms with E-state index in [1.165, 1.54) is 0 Å². The van der Waals surface area contributed by atoms with Gasteiger partial charge in [-0.1, -0.05) is 30.3 Å². The molecule has 1 aliphatic heterocycles. The molecule has 2 aromatic carbocycles. The van der Waals surface area contributed by atoms with Gasteiger partial charge >= 0.3 is 6.03 Å². The Kier molecular flexibility index (Phi) is 7.00. The topological polar surface area (TPSA) is 67.2 Å². The van der Waals surface area contributed by atoms with E-state index in [4.69, 9.17) is 9.47 Å². The van der Waals surface area contributed by atoms with E-state index in [-0.39, 0.29) is 11.9 Å². The van der Waals surface area contributed by atoms with Gasteiger partial charge in [0.25, 0.3) is 5.91 Å². The molecule has 8 heteroatoms. The van der Waals surface area contributed by atoms with Gasteiger partial charge in [0.05, 0.1) is 25.5 Å². The van der Waals surface area contributed by atoms with Crippen molar-refractivity contribution in [2.75, 3.05) is 54.5 Å². The SMILES string of the molecule is COc1ccc(-n2c(-c3ccccc3)cc(C(=O)N3CCN(C(=O)N(C)C)CC3)c2C)cc1OC. The Labute approximate surface area is 206 Å². The van der Waals surface area contributed by atoms with Gasteiger partial charge in [0.2, 0.25) is 0 Å². The Bertz CT molecular complexity index is 1210. The van der Waals surface area contributed by atoms with Crippen molar-refractivity contribution >= 4 is 11.9 Å². The molecule has 1 fully saturated rings. The van der Waals surface area contributed by atoms with E-state index in [9.17, 15) is 9.59 Å². The Morgan fingerprint density at radius 2 is 1.46 bits per heavy atom. The highest BCUT2D eigenvalue weighted by molar-refractivity contribution is 5.97.